The van der Waals surface area contributed by atoms with Crippen molar-refractivity contribution in [1.29, 1.82) is 0 Å². The third-order valence-corrected chi connectivity index (χ3v) is 8.96. The van der Waals surface area contributed by atoms with Crippen molar-refractivity contribution in [3.05, 3.63) is 60.2 Å². The van der Waals surface area contributed by atoms with Crippen LogP contribution in [0.2, 0.25) is 0 Å². The van der Waals surface area contributed by atoms with Gasteiger partial charge in [0.15, 0.2) is 0 Å². The number of carbonyl (C=O) groups is 3. The molecule has 0 bridgehead atoms. The zero-order valence-electron chi connectivity index (χ0n) is 18.7. The van der Waals surface area contributed by atoms with Gasteiger partial charge in [-0.1, -0.05) is 54.6 Å². The number of benzene rings is 1. The third-order valence-electron chi connectivity index (χ3n) is 7.22. The molecule has 1 aromatic carbocycles. The highest BCUT2D eigenvalue weighted by atomic mass is 32.2. The van der Waals surface area contributed by atoms with E-state index in [1.54, 1.807) is 33.5 Å². The average molecular weight is 468 g/mol. The topological polar surface area (TPSA) is 81.2 Å². The Kier molecular flexibility index (Phi) is 5.82. The summed E-state index contributed by atoms with van der Waals surface area (Å²) >= 11 is 1.59. The first-order valence-electron chi connectivity index (χ1n) is 11.5. The molecule has 2 fully saturated rings. The number of fused-ring (bicyclic) bond motifs is 2. The fourth-order valence-corrected chi connectivity index (χ4v) is 7.74. The molecule has 33 heavy (non-hydrogen) atoms. The predicted octanol–water partition coefficient (Wildman–Crippen LogP) is 1.29. The summed E-state index contributed by atoms with van der Waals surface area (Å²) in [6.45, 7) is 1.69. The molecule has 0 radical (unpaired) electrons. The molecule has 5 rings (SSSR count). The number of thioether (sulfide) groups is 1. The minimum Gasteiger partial charge on any atom is -0.396 e. The van der Waals surface area contributed by atoms with E-state index in [2.05, 4.69) is 0 Å². The molecule has 8 heteroatoms. The lowest BCUT2D eigenvalue weighted by Gasteiger charge is -2.35. The highest BCUT2D eigenvalue weighted by Gasteiger charge is 2.70. The molecule has 0 aliphatic carbocycles. The van der Waals surface area contributed by atoms with E-state index in [4.69, 9.17) is 0 Å². The van der Waals surface area contributed by atoms with E-state index in [1.165, 1.54) is 0 Å². The Labute approximate surface area is 198 Å². The van der Waals surface area contributed by atoms with Gasteiger partial charge in [0, 0.05) is 45.1 Å². The molecule has 7 nitrogen and oxygen atoms in total. The second kappa shape index (κ2) is 8.65. The lowest BCUT2D eigenvalue weighted by atomic mass is 9.78. The number of amides is 3. The maximum absolute atomic E-state index is 14.0. The van der Waals surface area contributed by atoms with Crippen LogP contribution in [0.1, 0.15) is 12.0 Å². The van der Waals surface area contributed by atoms with Gasteiger partial charge < -0.3 is 19.8 Å². The quantitative estimate of drug-likeness (QED) is 0.660. The highest BCUT2D eigenvalue weighted by Crippen LogP contribution is 2.61. The molecule has 4 aliphatic rings. The second-order valence-electron chi connectivity index (χ2n) is 9.20. The van der Waals surface area contributed by atoms with Crippen molar-refractivity contribution in [3.8, 4) is 0 Å². The van der Waals surface area contributed by atoms with Gasteiger partial charge in [-0.25, -0.2) is 0 Å². The Balaban J connectivity index is 1.56. The monoisotopic (exact) mass is 467 g/mol. The minimum atomic E-state index is -0.789. The smallest absolute Gasteiger partial charge is 0.247 e. The first-order chi connectivity index (χ1) is 16.0. The molecule has 0 saturated carbocycles. The van der Waals surface area contributed by atoms with Gasteiger partial charge in [-0.2, -0.15) is 0 Å². The number of likely N-dealkylation sites (N-methyl/N-ethyl adjacent to an activating group) is 1. The summed E-state index contributed by atoms with van der Waals surface area (Å²) < 4.78 is -0.789. The predicted molar refractivity (Wildman–Crippen MR) is 126 cm³/mol. The lowest BCUT2D eigenvalue weighted by molar-refractivity contribution is -0.144. The van der Waals surface area contributed by atoms with Crippen LogP contribution in [0.15, 0.2) is 54.6 Å². The Morgan fingerprint density at radius 3 is 2.61 bits per heavy atom. The zero-order chi connectivity index (χ0) is 23.2. The summed E-state index contributed by atoms with van der Waals surface area (Å²) in [5.41, 5.74) is 1.03. The number of rotatable bonds is 5. The van der Waals surface area contributed by atoms with E-state index in [0.29, 0.717) is 32.6 Å². The molecular formula is C25H29N3O4S. The lowest BCUT2D eigenvalue weighted by Crippen LogP contribution is -2.53. The summed E-state index contributed by atoms with van der Waals surface area (Å²) in [5.74, 6) is -1.37. The summed E-state index contributed by atoms with van der Waals surface area (Å²) in [4.78, 5) is 46.3. The molecular weight excluding hydrogens is 438 g/mol. The fraction of sp³-hybridized carbons (Fsp3) is 0.480. The maximum Gasteiger partial charge on any atom is 0.247 e. The first kappa shape index (κ1) is 22.2. The van der Waals surface area contributed by atoms with Gasteiger partial charge in [0.2, 0.25) is 17.7 Å². The number of aliphatic hydroxyl groups excluding tert-OH is 1. The number of hydrogen-bond donors (Lipinski definition) is 1. The van der Waals surface area contributed by atoms with Crippen LogP contribution in [-0.2, 0) is 20.9 Å². The van der Waals surface area contributed by atoms with Gasteiger partial charge in [0.05, 0.1) is 16.6 Å². The van der Waals surface area contributed by atoms with Gasteiger partial charge in [0.25, 0.3) is 0 Å². The second-order valence-corrected chi connectivity index (χ2v) is 10.7. The largest absolute Gasteiger partial charge is 0.396 e. The molecule has 0 aromatic heterocycles. The fourth-order valence-electron chi connectivity index (χ4n) is 5.74. The Morgan fingerprint density at radius 2 is 1.85 bits per heavy atom. The summed E-state index contributed by atoms with van der Waals surface area (Å²) in [6.07, 6.45) is 8.44. The summed E-state index contributed by atoms with van der Waals surface area (Å²) in [7, 11) is 1.76. The standard InChI is InChI=1S/C25H29N3O4S/c1-26-12-5-10-18-19(22(26)30)20-23(31)28(14-7-15-29)21-24(32)27(13-6-11-25(20,21)33-18)16-17-8-3-2-4-9-17/h2-6,8-11,18-21,29H,7,12-16H2,1H3/t18-,19+,20-,21?,25-/m0/s1. The van der Waals surface area contributed by atoms with Gasteiger partial charge in [0.1, 0.15) is 6.04 Å². The van der Waals surface area contributed by atoms with E-state index in [-0.39, 0.29) is 29.6 Å². The van der Waals surface area contributed by atoms with E-state index < -0.39 is 22.6 Å². The van der Waals surface area contributed by atoms with E-state index in [9.17, 15) is 19.5 Å². The normalized spacial score (nSPS) is 33.2. The van der Waals surface area contributed by atoms with Crippen LogP contribution in [0.3, 0.4) is 0 Å². The minimum absolute atomic E-state index is 0.0401. The Morgan fingerprint density at radius 1 is 1.06 bits per heavy atom. The molecule has 1 spiro atoms. The van der Waals surface area contributed by atoms with Crippen LogP contribution in [0.25, 0.3) is 0 Å². The van der Waals surface area contributed by atoms with Crippen LogP contribution in [0, 0.1) is 11.8 Å². The zero-order valence-corrected chi connectivity index (χ0v) is 19.5. The van der Waals surface area contributed by atoms with Crippen LogP contribution >= 0.6 is 11.8 Å². The van der Waals surface area contributed by atoms with Crippen LogP contribution in [-0.4, -0.2) is 86.9 Å². The van der Waals surface area contributed by atoms with E-state index in [0.717, 1.165) is 5.56 Å². The Hall–Kier alpha value is -2.58. The average Bonchev–Trinajstić information content (AvgIpc) is 3.14. The van der Waals surface area contributed by atoms with Crippen molar-refractivity contribution in [2.45, 2.75) is 29.0 Å². The SMILES string of the molecule is CN1CC=C[C@@H]2S[C@]34C=CCN(Cc5ccccc5)C(=O)C3N(CCCO)C(=O)[C@@H]4[C@@H]2C1=O. The van der Waals surface area contributed by atoms with Crippen LogP contribution < -0.4 is 0 Å². The summed E-state index contributed by atoms with van der Waals surface area (Å²) in [5, 5.41) is 9.32. The maximum atomic E-state index is 14.0. The third kappa shape index (κ3) is 3.51. The molecule has 4 heterocycles. The number of nitrogens with zero attached hydrogens (tertiary/aromatic N) is 3. The molecule has 2 saturated heterocycles. The van der Waals surface area contributed by atoms with Crippen molar-refractivity contribution >= 4 is 29.5 Å². The van der Waals surface area contributed by atoms with Crippen LogP contribution in [0.4, 0.5) is 0 Å². The van der Waals surface area contributed by atoms with Gasteiger partial charge in [-0.15, -0.1) is 11.8 Å². The molecule has 5 atom stereocenters. The Bertz CT molecular complexity index is 1010. The van der Waals surface area contributed by atoms with Crippen molar-refractivity contribution in [2.24, 2.45) is 11.8 Å². The highest BCUT2D eigenvalue weighted by molar-refractivity contribution is 8.02. The molecule has 1 aromatic rings. The van der Waals surface area contributed by atoms with Crippen molar-refractivity contribution in [2.75, 3.05) is 33.3 Å². The van der Waals surface area contributed by atoms with Gasteiger partial charge >= 0.3 is 0 Å². The number of likely N-dealkylation sites (tertiary alicyclic amines) is 1. The molecule has 3 amide bonds. The van der Waals surface area contributed by atoms with Crippen molar-refractivity contribution in [1.82, 2.24) is 14.7 Å². The molecule has 1 unspecified atom stereocenters. The van der Waals surface area contributed by atoms with Gasteiger partial charge in [-0.3, -0.25) is 14.4 Å². The van der Waals surface area contributed by atoms with Crippen molar-refractivity contribution in [3.63, 3.8) is 0 Å². The molecule has 1 N–H and O–H groups in total. The first-order valence-corrected chi connectivity index (χ1v) is 12.4. The number of carbonyl (C=O) groups excluding carboxylic acids is 3. The molecule has 174 valence electrons. The van der Waals surface area contributed by atoms with E-state index >= 15 is 0 Å². The number of aliphatic hydroxyl groups is 1. The number of hydrogen-bond acceptors (Lipinski definition) is 5. The van der Waals surface area contributed by atoms with Gasteiger partial charge in [-0.05, 0) is 12.0 Å². The van der Waals surface area contributed by atoms with E-state index in [1.807, 2.05) is 54.6 Å². The van der Waals surface area contributed by atoms with Crippen LogP contribution in [0.5, 0.6) is 0 Å². The molecule has 4 aliphatic heterocycles. The summed E-state index contributed by atoms with van der Waals surface area (Å²) in [6, 6.07) is 9.14. The van der Waals surface area contributed by atoms with Crippen molar-refractivity contribution < 1.29 is 19.5 Å².